The van der Waals surface area contributed by atoms with Crippen LogP contribution in [0.2, 0.25) is 0 Å². The SMILES string of the molecule is N#Cc1oc2ccccc2c1OCC1CCCCC1. The Labute approximate surface area is 112 Å². The molecule has 1 heterocycles. The molecule has 2 aromatic rings. The molecule has 0 saturated heterocycles. The Kier molecular flexibility index (Phi) is 3.41. The van der Waals surface area contributed by atoms with Gasteiger partial charge in [-0.05, 0) is 30.9 Å². The van der Waals surface area contributed by atoms with Crippen LogP contribution in [0.3, 0.4) is 0 Å². The van der Waals surface area contributed by atoms with Gasteiger partial charge in [0.05, 0.1) is 12.0 Å². The standard InChI is InChI=1S/C16H17NO2/c17-10-15-16(13-8-4-5-9-14(13)19-15)18-11-12-6-2-1-3-7-12/h4-5,8-9,12H,1-3,6-7,11H2. The lowest BCUT2D eigenvalue weighted by Crippen LogP contribution is -2.15. The fourth-order valence-electron chi connectivity index (χ4n) is 2.79. The van der Waals surface area contributed by atoms with Crippen LogP contribution in [0.15, 0.2) is 28.7 Å². The third-order valence-corrected chi connectivity index (χ3v) is 3.84. The molecular weight excluding hydrogens is 238 g/mol. The highest BCUT2D eigenvalue weighted by atomic mass is 16.5. The van der Waals surface area contributed by atoms with Crippen molar-refractivity contribution in [2.75, 3.05) is 6.61 Å². The Morgan fingerprint density at radius 2 is 2.00 bits per heavy atom. The Hall–Kier alpha value is -1.95. The molecule has 0 amide bonds. The fourth-order valence-corrected chi connectivity index (χ4v) is 2.79. The fraction of sp³-hybridized carbons (Fsp3) is 0.438. The van der Waals surface area contributed by atoms with Gasteiger partial charge in [-0.25, -0.2) is 0 Å². The minimum absolute atomic E-state index is 0.289. The number of para-hydroxylation sites is 1. The van der Waals surface area contributed by atoms with Gasteiger partial charge in [-0.15, -0.1) is 0 Å². The number of hydrogen-bond donors (Lipinski definition) is 0. The van der Waals surface area contributed by atoms with E-state index in [9.17, 15) is 0 Å². The maximum Gasteiger partial charge on any atom is 0.246 e. The molecule has 0 bridgehead atoms. The van der Waals surface area contributed by atoms with Crippen LogP contribution in [0, 0.1) is 17.2 Å². The molecule has 1 aliphatic rings. The molecule has 0 N–H and O–H groups in total. The van der Waals surface area contributed by atoms with Crippen LogP contribution in [0.25, 0.3) is 11.0 Å². The highest BCUT2D eigenvalue weighted by molar-refractivity contribution is 5.86. The van der Waals surface area contributed by atoms with E-state index >= 15 is 0 Å². The maximum atomic E-state index is 9.13. The van der Waals surface area contributed by atoms with Crippen molar-refractivity contribution in [1.82, 2.24) is 0 Å². The normalized spacial score (nSPS) is 16.4. The zero-order chi connectivity index (χ0) is 13.1. The minimum atomic E-state index is 0.289. The molecule has 3 heteroatoms. The van der Waals surface area contributed by atoms with Crippen molar-refractivity contribution in [2.45, 2.75) is 32.1 Å². The van der Waals surface area contributed by atoms with E-state index in [0.717, 1.165) is 11.0 Å². The van der Waals surface area contributed by atoms with Crippen LogP contribution < -0.4 is 4.74 Å². The first-order valence-corrected chi connectivity index (χ1v) is 6.93. The van der Waals surface area contributed by atoms with E-state index < -0.39 is 0 Å². The number of rotatable bonds is 3. The lowest BCUT2D eigenvalue weighted by molar-refractivity contribution is 0.208. The summed E-state index contributed by atoms with van der Waals surface area (Å²) in [4.78, 5) is 0. The van der Waals surface area contributed by atoms with Crippen LogP contribution in [-0.2, 0) is 0 Å². The van der Waals surface area contributed by atoms with Gasteiger partial charge in [-0.3, -0.25) is 0 Å². The van der Waals surface area contributed by atoms with Crippen LogP contribution in [-0.4, -0.2) is 6.61 Å². The number of ether oxygens (including phenoxy) is 1. The van der Waals surface area contributed by atoms with E-state index in [4.69, 9.17) is 14.4 Å². The van der Waals surface area contributed by atoms with Gasteiger partial charge in [0.1, 0.15) is 11.7 Å². The van der Waals surface area contributed by atoms with E-state index in [1.165, 1.54) is 32.1 Å². The summed E-state index contributed by atoms with van der Waals surface area (Å²) in [6.07, 6.45) is 6.40. The molecule has 98 valence electrons. The lowest BCUT2D eigenvalue weighted by atomic mass is 9.90. The molecule has 0 radical (unpaired) electrons. The van der Waals surface area contributed by atoms with Crippen LogP contribution in [0.1, 0.15) is 37.9 Å². The number of hydrogen-bond acceptors (Lipinski definition) is 3. The second-order valence-electron chi connectivity index (χ2n) is 5.18. The molecule has 3 nitrogen and oxygen atoms in total. The van der Waals surface area contributed by atoms with Crippen LogP contribution >= 0.6 is 0 Å². The van der Waals surface area contributed by atoms with Gasteiger partial charge in [-0.2, -0.15) is 5.26 Å². The van der Waals surface area contributed by atoms with E-state index in [1.807, 2.05) is 24.3 Å². The smallest absolute Gasteiger partial charge is 0.246 e. The van der Waals surface area contributed by atoms with E-state index in [0.29, 0.717) is 18.3 Å². The monoisotopic (exact) mass is 255 g/mol. The number of furan rings is 1. The average Bonchev–Trinajstić information content (AvgIpc) is 2.84. The second kappa shape index (κ2) is 5.36. The molecule has 1 aromatic heterocycles. The Morgan fingerprint density at radius 1 is 1.21 bits per heavy atom. The Bertz CT molecular complexity index is 603. The summed E-state index contributed by atoms with van der Waals surface area (Å²) in [5.74, 6) is 1.52. The molecule has 1 aliphatic carbocycles. The van der Waals surface area contributed by atoms with Gasteiger partial charge < -0.3 is 9.15 Å². The molecule has 3 rings (SSSR count). The van der Waals surface area contributed by atoms with Crippen molar-refractivity contribution in [2.24, 2.45) is 5.92 Å². The summed E-state index contributed by atoms with van der Waals surface area (Å²) < 4.78 is 11.4. The Morgan fingerprint density at radius 3 is 2.79 bits per heavy atom. The van der Waals surface area contributed by atoms with Crippen molar-refractivity contribution < 1.29 is 9.15 Å². The van der Waals surface area contributed by atoms with E-state index in [1.54, 1.807) is 0 Å². The third-order valence-electron chi connectivity index (χ3n) is 3.84. The summed E-state index contributed by atoms with van der Waals surface area (Å²) >= 11 is 0. The molecule has 0 aliphatic heterocycles. The lowest BCUT2D eigenvalue weighted by Gasteiger charge is -2.21. The first-order valence-electron chi connectivity index (χ1n) is 6.93. The summed E-state index contributed by atoms with van der Waals surface area (Å²) in [5, 5.41) is 10.0. The number of nitriles is 1. The molecule has 0 spiro atoms. The zero-order valence-electron chi connectivity index (χ0n) is 10.9. The molecule has 1 fully saturated rings. The van der Waals surface area contributed by atoms with Crippen molar-refractivity contribution in [3.63, 3.8) is 0 Å². The molecule has 19 heavy (non-hydrogen) atoms. The quantitative estimate of drug-likeness (QED) is 0.823. The number of nitrogens with zero attached hydrogens (tertiary/aromatic N) is 1. The van der Waals surface area contributed by atoms with Gasteiger partial charge in [0.25, 0.3) is 0 Å². The summed E-state index contributed by atoms with van der Waals surface area (Å²) in [5.41, 5.74) is 0.720. The molecule has 0 atom stereocenters. The van der Waals surface area contributed by atoms with Crippen molar-refractivity contribution in [3.05, 3.63) is 30.0 Å². The van der Waals surface area contributed by atoms with Gasteiger partial charge in [0, 0.05) is 0 Å². The van der Waals surface area contributed by atoms with Gasteiger partial charge >= 0.3 is 0 Å². The average molecular weight is 255 g/mol. The summed E-state index contributed by atoms with van der Waals surface area (Å²) in [6, 6.07) is 9.72. The third kappa shape index (κ3) is 2.44. The van der Waals surface area contributed by atoms with E-state index in [2.05, 4.69) is 6.07 Å². The summed E-state index contributed by atoms with van der Waals surface area (Å²) in [7, 11) is 0. The van der Waals surface area contributed by atoms with Crippen molar-refractivity contribution in [1.29, 1.82) is 5.26 Å². The van der Waals surface area contributed by atoms with Gasteiger partial charge in [0.15, 0.2) is 5.75 Å². The minimum Gasteiger partial charge on any atom is -0.488 e. The molecular formula is C16H17NO2. The van der Waals surface area contributed by atoms with E-state index in [-0.39, 0.29) is 5.76 Å². The largest absolute Gasteiger partial charge is 0.488 e. The van der Waals surface area contributed by atoms with Crippen LogP contribution in [0.5, 0.6) is 5.75 Å². The van der Waals surface area contributed by atoms with Crippen molar-refractivity contribution >= 4 is 11.0 Å². The highest BCUT2D eigenvalue weighted by Crippen LogP contribution is 2.33. The zero-order valence-corrected chi connectivity index (χ0v) is 10.9. The molecule has 1 aromatic carbocycles. The first kappa shape index (κ1) is 12.1. The van der Waals surface area contributed by atoms with Crippen LogP contribution in [0.4, 0.5) is 0 Å². The maximum absolute atomic E-state index is 9.13. The highest BCUT2D eigenvalue weighted by Gasteiger charge is 2.18. The predicted molar refractivity (Wildman–Crippen MR) is 73.0 cm³/mol. The number of fused-ring (bicyclic) bond motifs is 1. The number of benzene rings is 1. The topological polar surface area (TPSA) is 46.2 Å². The second-order valence-corrected chi connectivity index (χ2v) is 5.18. The first-order chi connectivity index (χ1) is 9.38. The summed E-state index contributed by atoms with van der Waals surface area (Å²) in [6.45, 7) is 0.693. The molecule has 1 saturated carbocycles. The van der Waals surface area contributed by atoms with Gasteiger partial charge in [-0.1, -0.05) is 31.4 Å². The van der Waals surface area contributed by atoms with Crippen molar-refractivity contribution in [3.8, 4) is 11.8 Å². The molecule has 0 unspecified atom stereocenters. The van der Waals surface area contributed by atoms with Gasteiger partial charge in [0.2, 0.25) is 5.76 Å². The predicted octanol–water partition coefficient (Wildman–Crippen LogP) is 4.26. The Balaban J connectivity index is 1.81.